The normalized spacial score (nSPS) is 12.4. The maximum atomic E-state index is 13.0. The summed E-state index contributed by atoms with van der Waals surface area (Å²) in [5.41, 5.74) is 6.49. The molecule has 3 aromatic carbocycles. The molecule has 0 fully saturated rings. The Bertz CT molecular complexity index is 1370. The van der Waals surface area contributed by atoms with E-state index in [1.807, 2.05) is 30.3 Å². The van der Waals surface area contributed by atoms with E-state index in [-0.39, 0.29) is 17.1 Å². The molecule has 0 aliphatic carbocycles. The summed E-state index contributed by atoms with van der Waals surface area (Å²) >= 11 is 1.40. The van der Waals surface area contributed by atoms with Crippen molar-refractivity contribution in [2.75, 3.05) is 11.1 Å². The number of benzene rings is 3. The van der Waals surface area contributed by atoms with Crippen LogP contribution in [0.4, 0.5) is 5.69 Å². The van der Waals surface area contributed by atoms with Gasteiger partial charge < -0.3 is 5.32 Å². The van der Waals surface area contributed by atoms with Gasteiger partial charge in [0.25, 0.3) is 0 Å². The van der Waals surface area contributed by atoms with E-state index < -0.39 is 0 Å². The second-order valence-electron chi connectivity index (χ2n) is 10.5. The Morgan fingerprint density at radius 1 is 0.973 bits per heavy atom. The second-order valence-corrected chi connectivity index (χ2v) is 11.4. The largest absolute Gasteiger partial charge is 0.325 e. The number of thioether (sulfide) groups is 1. The fourth-order valence-corrected chi connectivity index (χ4v) is 5.02. The summed E-state index contributed by atoms with van der Waals surface area (Å²) in [6, 6.07) is 24.7. The van der Waals surface area contributed by atoms with Crippen molar-refractivity contribution in [1.82, 2.24) is 14.8 Å². The fourth-order valence-electron chi connectivity index (χ4n) is 4.28. The highest BCUT2D eigenvalue weighted by Gasteiger charge is 2.20. The van der Waals surface area contributed by atoms with E-state index in [9.17, 15) is 4.79 Å². The summed E-state index contributed by atoms with van der Waals surface area (Å²) in [6.07, 6.45) is 1.01. The summed E-state index contributed by atoms with van der Waals surface area (Å²) in [5.74, 6) is 1.32. The van der Waals surface area contributed by atoms with E-state index in [0.717, 1.165) is 40.3 Å². The number of hydrogen-bond acceptors (Lipinski definition) is 4. The summed E-state index contributed by atoms with van der Waals surface area (Å²) in [7, 11) is 0. The highest BCUT2D eigenvalue weighted by atomic mass is 32.2. The van der Waals surface area contributed by atoms with Crippen LogP contribution in [-0.4, -0.2) is 26.4 Å². The van der Waals surface area contributed by atoms with Gasteiger partial charge in [-0.1, -0.05) is 107 Å². The second kappa shape index (κ2) is 11.3. The number of nitrogens with zero attached hydrogens (tertiary/aromatic N) is 3. The molecule has 4 aromatic rings. The summed E-state index contributed by atoms with van der Waals surface area (Å²) in [6.45, 7) is 13.0. The standard InChI is InChI=1S/C31H36N4OS/c1-7-21(2)25-13-9-10-14-26(25)32-28(36)20-37-30-34-33-29(35(30)27-15-11-8-12-22(27)3)23-16-18-24(19-17-23)31(4,5)6/h8-19,21H,7,20H2,1-6H3,(H,32,36)/t21-/m0/s1. The molecule has 0 bridgehead atoms. The molecule has 0 saturated heterocycles. The van der Waals surface area contributed by atoms with Crippen LogP contribution >= 0.6 is 11.8 Å². The molecule has 1 aromatic heterocycles. The van der Waals surface area contributed by atoms with Crippen molar-refractivity contribution in [3.8, 4) is 17.1 Å². The molecule has 0 saturated carbocycles. The minimum Gasteiger partial charge on any atom is -0.325 e. The Labute approximate surface area is 224 Å². The topological polar surface area (TPSA) is 59.8 Å². The molecule has 0 spiro atoms. The number of carbonyl (C=O) groups excluding carboxylic acids is 1. The lowest BCUT2D eigenvalue weighted by Gasteiger charge is -2.19. The third-order valence-corrected chi connectivity index (χ3v) is 7.64. The van der Waals surface area contributed by atoms with Crippen LogP contribution in [-0.2, 0) is 10.2 Å². The number of carbonyl (C=O) groups is 1. The van der Waals surface area contributed by atoms with Crippen LogP contribution in [0.1, 0.15) is 63.6 Å². The van der Waals surface area contributed by atoms with Crippen LogP contribution in [0, 0.1) is 6.92 Å². The van der Waals surface area contributed by atoms with Gasteiger partial charge in [0.2, 0.25) is 5.91 Å². The van der Waals surface area contributed by atoms with Gasteiger partial charge >= 0.3 is 0 Å². The van der Waals surface area contributed by atoms with Crippen molar-refractivity contribution >= 4 is 23.4 Å². The van der Waals surface area contributed by atoms with E-state index >= 15 is 0 Å². The highest BCUT2D eigenvalue weighted by Crippen LogP contribution is 2.32. The van der Waals surface area contributed by atoms with Gasteiger partial charge in [0.15, 0.2) is 11.0 Å². The number of para-hydroxylation sites is 2. The highest BCUT2D eigenvalue weighted by molar-refractivity contribution is 7.99. The number of anilines is 1. The Morgan fingerprint density at radius 3 is 2.32 bits per heavy atom. The molecule has 0 aliphatic heterocycles. The van der Waals surface area contributed by atoms with Crippen LogP contribution in [0.2, 0.25) is 0 Å². The van der Waals surface area contributed by atoms with Gasteiger partial charge in [0.1, 0.15) is 0 Å². The summed E-state index contributed by atoms with van der Waals surface area (Å²) in [4.78, 5) is 13.0. The molecule has 1 amide bonds. The third kappa shape index (κ3) is 6.13. The molecule has 37 heavy (non-hydrogen) atoms. The van der Waals surface area contributed by atoms with E-state index in [2.05, 4.69) is 104 Å². The lowest BCUT2D eigenvalue weighted by Crippen LogP contribution is -2.16. The third-order valence-electron chi connectivity index (χ3n) is 6.71. The first-order valence-corrected chi connectivity index (χ1v) is 13.8. The average Bonchev–Trinajstić information content (AvgIpc) is 3.31. The zero-order valence-electron chi connectivity index (χ0n) is 22.6. The number of rotatable bonds is 8. The lowest BCUT2D eigenvalue weighted by atomic mass is 9.87. The number of aryl methyl sites for hydroxylation is 1. The predicted octanol–water partition coefficient (Wildman–Crippen LogP) is 7.78. The molecular weight excluding hydrogens is 476 g/mol. The quantitative estimate of drug-likeness (QED) is 0.245. The predicted molar refractivity (Wildman–Crippen MR) is 155 cm³/mol. The fraction of sp³-hybridized carbons (Fsp3) is 0.323. The van der Waals surface area contributed by atoms with E-state index in [1.54, 1.807) is 0 Å². The van der Waals surface area contributed by atoms with Crippen LogP contribution in [0.15, 0.2) is 78.0 Å². The van der Waals surface area contributed by atoms with Gasteiger partial charge in [-0.25, -0.2) is 0 Å². The monoisotopic (exact) mass is 512 g/mol. The van der Waals surface area contributed by atoms with Crippen molar-refractivity contribution in [3.63, 3.8) is 0 Å². The Morgan fingerprint density at radius 2 is 1.65 bits per heavy atom. The van der Waals surface area contributed by atoms with Gasteiger partial charge in [-0.05, 0) is 53.5 Å². The van der Waals surface area contributed by atoms with Crippen LogP contribution in [0.5, 0.6) is 0 Å². The lowest BCUT2D eigenvalue weighted by molar-refractivity contribution is -0.113. The van der Waals surface area contributed by atoms with Gasteiger partial charge in [0, 0.05) is 11.3 Å². The first-order valence-electron chi connectivity index (χ1n) is 12.8. The zero-order chi connectivity index (χ0) is 26.6. The average molecular weight is 513 g/mol. The Hall–Kier alpha value is -3.38. The Kier molecular flexibility index (Phi) is 8.18. The minimum atomic E-state index is -0.0591. The molecule has 192 valence electrons. The number of aromatic nitrogens is 3. The Balaban J connectivity index is 1.62. The van der Waals surface area contributed by atoms with Crippen LogP contribution in [0.3, 0.4) is 0 Å². The molecule has 5 nitrogen and oxygen atoms in total. The number of nitrogens with one attached hydrogen (secondary N) is 1. The molecule has 0 aliphatic rings. The zero-order valence-corrected chi connectivity index (χ0v) is 23.4. The molecule has 4 rings (SSSR count). The SMILES string of the molecule is CC[C@H](C)c1ccccc1NC(=O)CSc1nnc(-c2ccc(C(C)(C)C)cc2)n1-c1ccccc1C. The van der Waals surface area contributed by atoms with Gasteiger partial charge in [-0.3, -0.25) is 9.36 Å². The first-order chi connectivity index (χ1) is 17.7. The molecule has 6 heteroatoms. The summed E-state index contributed by atoms with van der Waals surface area (Å²) in [5, 5.41) is 12.9. The van der Waals surface area contributed by atoms with E-state index in [4.69, 9.17) is 0 Å². The van der Waals surface area contributed by atoms with Crippen LogP contribution < -0.4 is 5.32 Å². The van der Waals surface area contributed by atoms with Crippen molar-refractivity contribution in [1.29, 1.82) is 0 Å². The molecule has 1 N–H and O–H groups in total. The van der Waals surface area contributed by atoms with Crippen molar-refractivity contribution in [2.45, 2.75) is 64.5 Å². The van der Waals surface area contributed by atoms with Crippen molar-refractivity contribution < 1.29 is 4.79 Å². The van der Waals surface area contributed by atoms with Crippen molar-refractivity contribution in [3.05, 3.63) is 89.5 Å². The minimum absolute atomic E-state index is 0.0591. The molecule has 0 unspecified atom stereocenters. The van der Waals surface area contributed by atoms with Gasteiger partial charge in [-0.2, -0.15) is 0 Å². The maximum absolute atomic E-state index is 13.0. The van der Waals surface area contributed by atoms with Crippen LogP contribution in [0.25, 0.3) is 17.1 Å². The number of hydrogen-bond donors (Lipinski definition) is 1. The van der Waals surface area contributed by atoms with E-state index in [0.29, 0.717) is 11.1 Å². The van der Waals surface area contributed by atoms with Gasteiger partial charge in [-0.15, -0.1) is 10.2 Å². The molecule has 0 radical (unpaired) electrons. The maximum Gasteiger partial charge on any atom is 0.234 e. The first kappa shape index (κ1) is 26.7. The van der Waals surface area contributed by atoms with Crippen molar-refractivity contribution in [2.24, 2.45) is 0 Å². The molecule has 1 heterocycles. The summed E-state index contributed by atoms with van der Waals surface area (Å²) < 4.78 is 2.06. The smallest absolute Gasteiger partial charge is 0.234 e. The van der Waals surface area contributed by atoms with Gasteiger partial charge in [0.05, 0.1) is 11.4 Å². The van der Waals surface area contributed by atoms with E-state index in [1.165, 1.54) is 17.3 Å². The molecule has 1 atom stereocenters. The molecular formula is C31H36N4OS. The number of amides is 1.